The highest BCUT2D eigenvalue weighted by molar-refractivity contribution is 5.87. The van der Waals surface area contributed by atoms with Gasteiger partial charge in [-0.1, -0.05) is 12.1 Å². The Hall–Kier alpha value is -2.63. The van der Waals surface area contributed by atoms with Gasteiger partial charge < -0.3 is 14.8 Å². The molecule has 0 fully saturated rings. The fourth-order valence-corrected chi connectivity index (χ4v) is 1.76. The molecular weight excluding hydrogens is 302 g/mol. The summed E-state index contributed by atoms with van der Waals surface area (Å²) >= 11 is 0. The van der Waals surface area contributed by atoms with Crippen molar-refractivity contribution in [3.05, 3.63) is 29.8 Å². The molecule has 8 nitrogen and oxygen atoms in total. The van der Waals surface area contributed by atoms with Gasteiger partial charge in [-0.05, 0) is 18.6 Å². The van der Waals surface area contributed by atoms with Crippen LogP contribution in [0.25, 0.3) is 0 Å². The number of hydroxylamine groups is 1. The van der Waals surface area contributed by atoms with Crippen LogP contribution in [0.5, 0.6) is 5.75 Å². The zero-order chi connectivity index (χ0) is 17.1. The van der Waals surface area contributed by atoms with Gasteiger partial charge in [-0.2, -0.15) is 5.26 Å². The summed E-state index contributed by atoms with van der Waals surface area (Å²) in [7, 11) is 1.56. The van der Waals surface area contributed by atoms with Crippen LogP contribution in [0.3, 0.4) is 0 Å². The summed E-state index contributed by atoms with van der Waals surface area (Å²) in [5.74, 6) is -1.12. The number of hydrogen-bond donors (Lipinski definition) is 3. The highest BCUT2D eigenvalue weighted by Gasteiger charge is 2.24. The first-order valence-electron chi connectivity index (χ1n) is 6.97. The van der Waals surface area contributed by atoms with Gasteiger partial charge in [0, 0.05) is 20.3 Å². The van der Waals surface area contributed by atoms with Crippen LogP contribution >= 0.6 is 0 Å². The van der Waals surface area contributed by atoms with Crippen LogP contribution in [-0.4, -0.2) is 43.4 Å². The summed E-state index contributed by atoms with van der Waals surface area (Å²) in [6.45, 7) is 0.905. The number of rotatable bonds is 9. The van der Waals surface area contributed by atoms with Crippen LogP contribution in [0.15, 0.2) is 24.3 Å². The minimum atomic E-state index is -1.25. The van der Waals surface area contributed by atoms with Crippen LogP contribution in [0.4, 0.5) is 0 Å². The van der Waals surface area contributed by atoms with E-state index in [0.717, 1.165) is 0 Å². The van der Waals surface area contributed by atoms with Crippen molar-refractivity contribution in [1.29, 1.82) is 5.26 Å². The molecule has 0 bridgehead atoms. The van der Waals surface area contributed by atoms with Crippen molar-refractivity contribution >= 4 is 11.8 Å². The predicted molar refractivity (Wildman–Crippen MR) is 79.6 cm³/mol. The lowest BCUT2D eigenvalue weighted by molar-refractivity contribution is -0.139. The smallest absolute Gasteiger partial charge is 0.284 e. The first-order chi connectivity index (χ1) is 11.1. The number of hydrogen-bond acceptors (Lipinski definition) is 6. The highest BCUT2D eigenvalue weighted by Crippen LogP contribution is 2.19. The Balaban J connectivity index is 2.68. The van der Waals surface area contributed by atoms with Crippen molar-refractivity contribution in [1.82, 2.24) is 10.8 Å². The second kappa shape index (κ2) is 10.2. The Bertz CT molecular complexity index is 570. The van der Waals surface area contributed by atoms with E-state index >= 15 is 0 Å². The van der Waals surface area contributed by atoms with E-state index in [1.165, 1.54) is 17.6 Å². The highest BCUT2D eigenvalue weighted by atomic mass is 16.5. The fourth-order valence-electron chi connectivity index (χ4n) is 1.76. The van der Waals surface area contributed by atoms with Gasteiger partial charge in [0.15, 0.2) is 6.10 Å². The van der Waals surface area contributed by atoms with Gasteiger partial charge in [0.2, 0.25) is 5.91 Å². The Morgan fingerprint density at radius 2 is 2.13 bits per heavy atom. The third-order valence-electron chi connectivity index (χ3n) is 2.90. The third-order valence-corrected chi connectivity index (χ3v) is 2.90. The average Bonchev–Trinajstić information content (AvgIpc) is 2.57. The molecule has 1 unspecified atom stereocenters. The average molecular weight is 321 g/mol. The molecule has 2 amide bonds. The lowest BCUT2D eigenvalue weighted by Crippen LogP contribution is -2.41. The SMILES string of the molecule is COCCCNC(=O)CC(Oc1ccccc1C#N)C(=O)NO. The van der Waals surface area contributed by atoms with Crippen molar-refractivity contribution in [2.45, 2.75) is 18.9 Å². The number of nitrogens with zero attached hydrogens (tertiary/aromatic N) is 1. The van der Waals surface area contributed by atoms with Crippen LogP contribution in [0.1, 0.15) is 18.4 Å². The summed E-state index contributed by atoms with van der Waals surface area (Å²) < 4.78 is 10.3. The predicted octanol–water partition coefficient (Wildman–Crippen LogP) is 0.354. The first-order valence-corrected chi connectivity index (χ1v) is 6.97. The Morgan fingerprint density at radius 1 is 1.39 bits per heavy atom. The first kappa shape index (κ1) is 18.4. The maximum atomic E-state index is 11.8. The van der Waals surface area contributed by atoms with Crippen molar-refractivity contribution < 1.29 is 24.3 Å². The molecule has 0 aliphatic rings. The molecule has 0 radical (unpaired) electrons. The van der Waals surface area contributed by atoms with Crippen molar-refractivity contribution in [3.63, 3.8) is 0 Å². The second-order valence-electron chi connectivity index (χ2n) is 4.59. The minimum Gasteiger partial charge on any atom is -0.479 e. The van der Waals surface area contributed by atoms with E-state index < -0.39 is 17.9 Å². The van der Waals surface area contributed by atoms with Gasteiger partial charge in [0.1, 0.15) is 11.8 Å². The molecule has 1 aromatic rings. The number of carbonyl (C=O) groups excluding carboxylic acids is 2. The Kier molecular flexibility index (Phi) is 8.13. The number of para-hydroxylation sites is 1. The van der Waals surface area contributed by atoms with Crippen molar-refractivity contribution in [3.8, 4) is 11.8 Å². The molecule has 23 heavy (non-hydrogen) atoms. The number of nitriles is 1. The molecule has 124 valence electrons. The number of benzene rings is 1. The molecule has 0 heterocycles. The van der Waals surface area contributed by atoms with Crippen molar-refractivity contribution in [2.24, 2.45) is 0 Å². The Morgan fingerprint density at radius 3 is 2.78 bits per heavy atom. The molecule has 1 atom stereocenters. The normalized spacial score (nSPS) is 11.2. The molecule has 0 saturated carbocycles. The summed E-state index contributed by atoms with van der Waals surface area (Å²) in [6.07, 6.45) is -0.909. The number of ether oxygens (including phenoxy) is 2. The molecule has 8 heteroatoms. The standard InChI is InChI=1S/C15H19N3O5/c1-22-8-4-7-17-14(19)9-13(15(20)18-21)23-12-6-3-2-5-11(12)10-16/h2-3,5-6,13,21H,4,7-9H2,1H3,(H,17,19)(H,18,20). The lowest BCUT2D eigenvalue weighted by Gasteiger charge is -2.17. The van der Waals surface area contributed by atoms with E-state index in [1.54, 1.807) is 19.2 Å². The van der Waals surface area contributed by atoms with Crippen molar-refractivity contribution in [2.75, 3.05) is 20.3 Å². The number of methoxy groups -OCH3 is 1. The summed E-state index contributed by atoms with van der Waals surface area (Å²) in [6, 6.07) is 8.24. The molecule has 0 aromatic heterocycles. The largest absolute Gasteiger partial charge is 0.479 e. The summed E-state index contributed by atoms with van der Waals surface area (Å²) in [5.41, 5.74) is 1.68. The zero-order valence-electron chi connectivity index (χ0n) is 12.7. The minimum absolute atomic E-state index is 0.163. The van der Waals surface area contributed by atoms with Gasteiger partial charge in [0.05, 0.1) is 12.0 Å². The van der Waals surface area contributed by atoms with E-state index in [-0.39, 0.29) is 17.7 Å². The lowest BCUT2D eigenvalue weighted by atomic mass is 10.2. The molecular formula is C15H19N3O5. The molecule has 3 N–H and O–H groups in total. The Labute approximate surface area is 134 Å². The topological polar surface area (TPSA) is 121 Å². The molecule has 0 aliphatic carbocycles. The number of amides is 2. The summed E-state index contributed by atoms with van der Waals surface area (Å²) in [4.78, 5) is 23.5. The zero-order valence-corrected chi connectivity index (χ0v) is 12.7. The van der Waals surface area contributed by atoms with E-state index in [0.29, 0.717) is 19.6 Å². The van der Waals surface area contributed by atoms with Crippen LogP contribution < -0.4 is 15.5 Å². The third kappa shape index (κ3) is 6.34. The number of nitrogens with one attached hydrogen (secondary N) is 2. The molecule has 1 rings (SSSR count). The van der Waals surface area contributed by atoms with E-state index in [4.69, 9.17) is 19.9 Å². The molecule has 0 saturated heterocycles. The van der Waals surface area contributed by atoms with E-state index in [1.807, 2.05) is 6.07 Å². The van der Waals surface area contributed by atoms with Gasteiger partial charge >= 0.3 is 0 Å². The van der Waals surface area contributed by atoms with Gasteiger partial charge in [-0.25, -0.2) is 5.48 Å². The van der Waals surface area contributed by atoms with E-state index in [2.05, 4.69) is 5.32 Å². The van der Waals surface area contributed by atoms with E-state index in [9.17, 15) is 9.59 Å². The quantitative estimate of drug-likeness (QED) is 0.343. The number of carbonyl (C=O) groups is 2. The van der Waals surface area contributed by atoms with Gasteiger partial charge in [-0.15, -0.1) is 0 Å². The molecule has 0 spiro atoms. The van der Waals surface area contributed by atoms with Crippen LogP contribution in [0.2, 0.25) is 0 Å². The maximum Gasteiger partial charge on any atom is 0.284 e. The molecule has 0 aliphatic heterocycles. The second-order valence-corrected chi connectivity index (χ2v) is 4.59. The van der Waals surface area contributed by atoms with Crippen LogP contribution in [0, 0.1) is 11.3 Å². The van der Waals surface area contributed by atoms with Gasteiger partial charge in [0.25, 0.3) is 5.91 Å². The van der Waals surface area contributed by atoms with Crippen LogP contribution in [-0.2, 0) is 14.3 Å². The monoisotopic (exact) mass is 321 g/mol. The van der Waals surface area contributed by atoms with Gasteiger partial charge in [-0.3, -0.25) is 14.8 Å². The maximum absolute atomic E-state index is 11.8. The summed E-state index contributed by atoms with van der Waals surface area (Å²) in [5, 5.41) is 20.4. The fraction of sp³-hybridized carbons (Fsp3) is 0.400. The molecule has 1 aromatic carbocycles.